The number of carbonyl (C=O) groups excluding carboxylic acids is 1. The summed E-state index contributed by atoms with van der Waals surface area (Å²) in [7, 11) is 0. The van der Waals surface area contributed by atoms with Crippen LogP contribution in [0.3, 0.4) is 0 Å². The van der Waals surface area contributed by atoms with Gasteiger partial charge in [0, 0.05) is 24.8 Å². The van der Waals surface area contributed by atoms with Crippen LogP contribution >= 0.6 is 11.8 Å². The SMILES string of the molecule is Cc1cc(N2CCOCC2)nc(SCC(=O)N/N=C/c2ccccc2)n1. The number of carbonyl (C=O) groups is 1. The standard InChI is InChI=1S/C18H21N5O2S/c1-14-11-16(23-7-9-25-10-8-23)21-18(20-14)26-13-17(24)22-19-12-15-5-3-2-4-6-15/h2-6,11-12H,7-10,13H2,1H3,(H,22,24)/b19-12+. The molecule has 0 atom stereocenters. The number of hydrogen-bond donors (Lipinski definition) is 1. The van der Waals surface area contributed by atoms with Gasteiger partial charge in [0.05, 0.1) is 25.2 Å². The number of hydrazone groups is 1. The predicted octanol–water partition coefficient (Wildman–Crippen LogP) is 1.86. The van der Waals surface area contributed by atoms with Crippen LogP contribution in [0.15, 0.2) is 46.7 Å². The highest BCUT2D eigenvalue weighted by atomic mass is 32.2. The van der Waals surface area contributed by atoms with Crippen LogP contribution in [0.5, 0.6) is 0 Å². The van der Waals surface area contributed by atoms with Crippen LogP contribution in [0.4, 0.5) is 5.82 Å². The van der Waals surface area contributed by atoms with E-state index in [0.29, 0.717) is 18.4 Å². The van der Waals surface area contributed by atoms with E-state index in [1.807, 2.05) is 43.3 Å². The molecule has 26 heavy (non-hydrogen) atoms. The lowest BCUT2D eigenvalue weighted by Crippen LogP contribution is -2.36. The highest BCUT2D eigenvalue weighted by molar-refractivity contribution is 7.99. The van der Waals surface area contributed by atoms with E-state index in [1.54, 1.807) is 6.21 Å². The van der Waals surface area contributed by atoms with Gasteiger partial charge in [0.15, 0.2) is 5.16 Å². The Kier molecular flexibility index (Phi) is 6.56. The molecule has 2 heterocycles. The second kappa shape index (κ2) is 9.30. The zero-order valence-electron chi connectivity index (χ0n) is 14.6. The maximum Gasteiger partial charge on any atom is 0.250 e. The van der Waals surface area contributed by atoms with Gasteiger partial charge in [0.2, 0.25) is 0 Å². The molecule has 7 nitrogen and oxygen atoms in total. The molecule has 0 bridgehead atoms. The number of ether oxygens (including phenoxy) is 1. The summed E-state index contributed by atoms with van der Waals surface area (Å²) in [5.74, 6) is 0.893. The van der Waals surface area contributed by atoms with E-state index in [2.05, 4.69) is 25.4 Å². The van der Waals surface area contributed by atoms with Gasteiger partial charge in [-0.25, -0.2) is 15.4 Å². The van der Waals surface area contributed by atoms with Crippen LogP contribution in [-0.4, -0.2) is 54.1 Å². The monoisotopic (exact) mass is 371 g/mol. The molecule has 1 aliphatic heterocycles. The van der Waals surface area contributed by atoms with Crippen molar-refractivity contribution in [3.05, 3.63) is 47.7 Å². The molecular formula is C18H21N5O2S. The molecule has 1 aliphatic rings. The van der Waals surface area contributed by atoms with Crippen molar-refractivity contribution in [3.8, 4) is 0 Å². The van der Waals surface area contributed by atoms with Crippen LogP contribution in [0.2, 0.25) is 0 Å². The second-order valence-electron chi connectivity index (χ2n) is 5.74. The molecule has 1 N–H and O–H groups in total. The van der Waals surface area contributed by atoms with E-state index < -0.39 is 0 Å². The fourth-order valence-electron chi connectivity index (χ4n) is 2.42. The lowest BCUT2D eigenvalue weighted by atomic mass is 10.2. The predicted molar refractivity (Wildman–Crippen MR) is 103 cm³/mol. The number of benzene rings is 1. The number of nitrogens with zero attached hydrogens (tertiary/aromatic N) is 4. The van der Waals surface area contributed by atoms with E-state index in [0.717, 1.165) is 30.2 Å². The molecule has 1 amide bonds. The quantitative estimate of drug-likeness (QED) is 0.361. The molecular weight excluding hydrogens is 350 g/mol. The Bertz CT molecular complexity index is 763. The number of anilines is 1. The Labute approximate surface area is 156 Å². The number of nitrogens with one attached hydrogen (secondary N) is 1. The number of hydrogen-bond acceptors (Lipinski definition) is 7. The molecule has 8 heteroatoms. The normalized spacial score (nSPS) is 14.6. The Morgan fingerprint density at radius 1 is 1.31 bits per heavy atom. The van der Waals surface area contributed by atoms with Gasteiger partial charge in [-0.1, -0.05) is 42.1 Å². The van der Waals surface area contributed by atoms with E-state index in [9.17, 15) is 4.79 Å². The average molecular weight is 371 g/mol. The summed E-state index contributed by atoms with van der Waals surface area (Å²) in [5, 5.41) is 4.55. The van der Waals surface area contributed by atoms with Crippen LogP contribution in [-0.2, 0) is 9.53 Å². The third-order valence-electron chi connectivity index (χ3n) is 3.69. The highest BCUT2D eigenvalue weighted by Crippen LogP contribution is 2.19. The van der Waals surface area contributed by atoms with Crippen LogP contribution < -0.4 is 10.3 Å². The zero-order chi connectivity index (χ0) is 18.2. The van der Waals surface area contributed by atoms with Crippen LogP contribution in [0.25, 0.3) is 0 Å². The first-order chi connectivity index (χ1) is 12.7. The minimum Gasteiger partial charge on any atom is -0.378 e. The Hall–Kier alpha value is -2.45. The second-order valence-corrected chi connectivity index (χ2v) is 6.68. The van der Waals surface area contributed by atoms with Crippen LogP contribution in [0, 0.1) is 6.92 Å². The van der Waals surface area contributed by atoms with Gasteiger partial charge in [-0.05, 0) is 12.5 Å². The van der Waals surface area contributed by atoms with Crippen molar-refractivity contribution in [2.75, 3.05) is 37.0 Å². The van der Waals surface area contributed by atoms with Crippen molar-refractivity contribution in [3.63, 3.8) is 0 Å². The largest absolute Gasteiger partial charge is 0.378 e. The fourth-order valence-corrected chi connectivity index (χ4v) is 3.12. The number of amides is 1. The number of aromatic nitrogens is 2. The molecule has 136 valence electrons. The van der Waals surface area contributed by atoms with Gasteiger partial charge in [-0.15, -0.1) is 0 Å². The molecule has 3 rings (SSSR count). The average Bonchev–Trinajstić information content (AvgIpc) is 2.67. The van der Waals surface area contributed by atoms with E-state index in [4.69, 9.17) is 4.74 Å². The summed E-state index contributed by atoms with van der Waals surface area (Å²) in [5.41, 5.74) is 4.33. The first kappa shape index (κ1) is 18.3. The van der Waals surface area contributed by atoms with Crippen molar-refractivity contribution in [1.29, 1.82) is 0 Å². The van der Waals surface area contributed by atoms with Crippen molar-refractivity contribution in [2.24, 2.45) is 5.10 Å². The molecule has 1 saturated heterocycles. The summed E-state index contributed by atoms with van der Waals surface area (Å²) in [4.78, 5) is 23.1. The van der Waals surface area contributed by atoms with Gasteiger partial charge in [-0.2, -0.15) is 5.10 Å². The smallest absolute Gasteiger partial charge is 0.250 e. The third-order valence-corrected chi connectivity index (χ3v) is 4.54. The molecule has 1 aromatic carbocycles. The van der Waals surface area contributed by atoms with Crippen molar-refractivity contribution < 1.29 is 9.53 Å². The molecule has 0 saturated carbocycles. The molecule has 0 unspecified atom stereocenters. The molecule has 1 aromatic heterocycles. The topological polar surface area (TPSA) is 79.7 Å². The summed E-state index contributed by atoms with van der Waals surface area (Å²) >= 11 is 1.30. The minimum atomic E-state index is -0.194. The minimum absolute atomic E-state index is 0.194. The number of aryl methyl sites for hydroxylation is 1. The van der Waals surface area contributed by atoms with Crippen molar-refractivity contribution in [1.82, 2.24) is 15.4 Å². The maximum absolute atomic E-state index is 11.9. The lowest BCUT2D eigenvalue weighted by molar-refractivity contribution is -0.118. The van der Waals surface area contributed by atoms with E-state index in [1.165, 1.54) is 11.8 Å². The molecule has 0 aliphatic carbocycles. The molecule has 0 radical (unpaired) electrons. The Balaban J connectivity index is 1.53. The summed E-state index contributed by atoms with van der Waals surface area (Å²) in [6.07, 6.45) is 1.61. The van der Waals surface area contributed by atoms with Crippen molar-refractivity contribution >= 4 is 29.7 Å². The zero-order valence-corrected chi connectivity index (χ0v) is 15.4. The van der Waals surface area contributed by atoms with Crippen LogP contribution in [0.1, 0.15) is 11.3 Å². The number of rotatable bonds is 6. The van der Waals surface area contributed by atoms with Crippen molar-refractivity contribution in [2.45, 2.75) is 12.1 Å². The number of thioether (sulfide) groups is 1. The van der Waals surface area contributed by atoms with Gasteiger partial charge >= 0.3 is 0 Å². The maximum atomic E-state index is 11.9. The number of morpholine rings is 1. The van der Waals surface area contributed by atoms with Gasteiger partial charge in [0.25, 0.3) is 5.91 Å². The molecule has 2 aromatic rings. The first-order valence-corrected chi connectivity index (χ1v) is 9.37. The van der Waals surface area contributed by atoms with Gasteiger partial charge in [0.1, 0.15) is 5.82 Å². The molecule has 0 spiro atoms. The summed E-state index contributed by atoms with van der Waals surface area (Å²) in [6.45, 7) is 4.96. The molecule has 1 fully saturated rings. The summed E-state index contributed by atoms with van der Waals surface area (Å²) in [6, 6.07) is 11.6. The van der Waals surface area contributed by atoms with E-state index in [-0.39, 0.29) is 11.7 Å². The van der Waals surface area contributed by atoms with E-state index >= 15 is 0 Å². The fraction of sp³-hybridized carbons (Fsp3) is 0.333. The first-order valence-electron chi connectivity index (χ1n) is 8.39. The van der Waals surface area contributed by atoms with Gasteiger partial charge < -0.3 is 9.64 Å². The highest BCUT2D eigenvalue weighted by Gasteiger charge is 2.14. The Morgan fingerprint density at radius 2 is 2.08 bits per heavy atom. The third kappa shape index (κ3) is 5.53. The Morgan fingerprint density at radius 3 is 2.85 bits per heavy atom. The van der Waals surface area contributed by atoms with Gasteiger partial charge in [-0.3, -0.25) is 4.79 Å². The lowest BCUT2D eigenvalue weighted by Gasteiger charge is -2.28. The summed E-state index contributed by atoms with van der Waals surface area (Å²) < 4.78 is 5.37.